The molecule has 1 amide bonds. The van der Waals surface area contributed by atoms with Crippen LogP contribution >= 0.6 is 0 Å². The van der Waals surface area contributed by atoms with Crippen molar-refractivity contribution in [2.24, 2.45) is 5.41 Å². The number of nitrogens with one attached hydrogen (secondary N) is 2. The van der Waals surface area contributed by atoms with Gasteiger partial charge in [0, 0.05) is 18.8 Å². The van der Waals surface area contributed by atoms with E-state index in [0.717, 1.165) is 25.2 Å². The third-order valence-corrected chi connectivity index (χ3v) is 3.65. The highest BCUT2D eigenvalue weighted by molar-refractivity contribution is 5.94. The van der Waals surface area contributed by atoms with Crippen molar-refractivity contribution < 1.29 is 4.79 Å². The lowest BCUT2D eigenvalue weighted by Gasteiger charge is -2.29. The third kappa shape index (κ3) is 6.58. The van der Waals surface area contributed by atoms with Crippen LogP contribution in [-0.2, 0) is 11.2 Å². The minimum Gasteiger partial charge on any atom is -0.325 e. The van der Waals surface area contributed by atoms with Gasteiger partial charge < -0.3 is 15.5 Å². The number of aryl methyl sites for hydroxylation is 1. The molecule has 0 radical (unpaired) electrons. The summed E-state index contributed by atoms with van der Waals surface area (Å²) in [6.45, 7) is 10.2. The Kier molecular flexibility index (Phi) is 7.04. The van der Waals surface area contributed by atoms with Gasteiger partial charge in [0.1, 0.15) is 0 Å². The van der Waals surface area contributed by atoms with Crippen LogP contribution in [0.2, 0.25) is 0 Å². The molecule has 0 saturated heterocycles. The van der Waals surface area contributed by atoms with Gasteiger partial charge in [-0.2, -0.15) is 0 Å². The van der Waals surface area contributed by atoms with E-state index in [0.29, 0.717) is 0 Å². The fourth-order valence-electron chi connectivity index (χ4n) is 2.51. The van der Waals surface area contributed by atoms with Gasteiger partial charge in [-0.25, -0.2) is 0 Å². The molecule has 4 heteroatoms. The van der Waals surface area contributed by atoms with Crippen molar-refractivity contribution in [3.05, 3.63) is 29.8 Å². The number of nitrogens with zero attached hydrogens (tertiary/aromatic N) is 1. The van der Waals surface area contributed by atoms with Crippen molar-refractivity contribution in [1.29, 1.82) is 0 Å². The molecule has 0 saturated carbocycles. The zero-order chi connectivity index (χ0) is 16.8. The number of carbonyl (C=O) groups excluding carboxylic acids is 1. The second-order valence-corrected chi connectivity index (χ2v) is 7.04. The van der Waals surface area contributed by atoms with E-state index in [-0.39, 0.29) is 17.4 Å². The second kappa shape index (κ2) is 8.30. The van der Waals surface area contributed by atoms with E-state index < -0.39 is 0 Å². The molecule has 4 nitrogen and oxygen atoms in total. The number of hydrogen-bond acceptors (Lipinski definition) is 3. The molecule has 2 N–H and O–H groups in total. The Hall–Kier alpha value is -1.39. The molecule has 0 unspecified atom stereocenters. The average molecular weight is 305 g/mol. The van der Waals surface area contributed by atoms with Crippen molar-refractivity contribution in [2.45, 2.75) is 40.2 Å². The van der Waals surface area contributed by atoms with Gasteiger partial charge in [0.05, 0.1) is 6.04 Å². The predicted molar refractivity (Wildman–Crippen MR) is 94.2 cm³/mol. The van der Waals surface area contributed by atoms with Gasteiger partial charge in [-0.3, -0.25) is 4.79 Å². The molecular formula is C18H31N3O. The first-order valence-corrected chi connectivity index (χ1v) is 8.01. The molecule has 22 heavy (non-hydrogen) atoms. The number of carbonyl (C=O) groups is 1. The van der Waals surface area contributed by atoms with Crippen molar-refractivity contribution in [2.75, 3.05) is 32.5 Å². The smallest absolute Gasteiger partial charge is 0.241 e. The summed E-state index contributed by atoms with van der Waals surface area (Å²) in [6.07, 6.45) is 1.01. The molecule has 124 valence electrons. The van der Waals surface area contributed by atoms with Crippen molar-refractivity contribution in [3.8, 4) is 0 Å². The number of amides is 1. The summed E-state index contributed by atoms with van der Waals surface area (Å²) in [5.41, 5.74) is 2.25. The van der Waals surface area contributed by atoms with Gasteiger partial charge in [-0.1, -0.05) is 32.9 Å². The van der Waals surface area contributed by atoms with Crippen LogP contribution in [0.4, 0.5) is 5.69 Å². The minimum atomic E-state index is -0.215. The summed E-state index contributed by atoms with van der Waals surface area (Å²) < 4.78 is 0. The van der Waals surface area contributed by atoms with Gasteiger partial charge >= 0.3 is 0 Å². The van der Waals surface area contributed by atoms with Crippen LogP contribution in [0, 0.1) is 5.41 Å². The van der Waals surface area contributed by atoms with Crippen LogP contribution in [-0.4, -0.2) is 44.0 Å². The fraction of sp³-hybridized carbons (Fsp3) is 0.611. The minimum absolute atomic E-state index is 0.00454. The van der Waals surface area contributed by atoms with E-state index in [1.807, 2.05) is 31.2 Å². The Balaban J connectivity index is 2.47. The Bertz CT molecular complexity index is 466. The van der Waals surface area contributed by atoms with Gasteiger partial charge in [-0.05, 0) is 50.6 Å². The zero-order valence-electron chi connectivity index (χ0n) is 14.9. The Morgan fingerprint density at radius 3 is 2.32 bits per heavy atom. The van der Waals surface area contributed by atoms with Crippen molar-refractivity contribution in [1.82, 2.24) is 10.2 Å². The lowest BCUT2D eigenvalue weighted by Crippen LogP contribution is -2.45. The van der Waals surface area contributed by atoms with Crippen LogP contribution in [0.5, 0.6) is 0 Å². The van der Waals surface area contributed by atoms with E-state index in [1.54, 1.807) is 0 Å². The topological polar surface area (TPSA) is 44.4 Å². The third-order valence-electron chi connectivity index (χ3n) is 3.65. The molecule has 1 atom stereocenters. The molecule has 0 aromatic heterocycles. The van der Waals surface area contributed by atoms with Crippen LogP contribution < -0.4 is 10.6 Å². The Labute approximate surface area is 135 Å². The lowest BCUT2D eigenvalue weighted by molar-refractivity contribution is -0.117. The van der Waals surface area contributed by atoms with E-state index in [4.69, 9.17) is 0 Å². The predicted octanol–water partition coefficient (Wildman–Crippen LogP) is 2.75. The molecule has 1 aromatic rings. The maximum absolute atomic E-state index is 12.2. The van der Waals surface area contributed by atoms with Crippen LogP contribution in [0.25, 0.3) is 0 Å². The average Bonchev–Trinajstić information content (AvgIpc) is 2.44. The summed E-state index contributed by atoms with van der Waals surface area (Å²) in [4.78, 5) is 14.4. The van der Waals surface area contributed by atoms with E-state index >= 15 is 0 Å². The van der Waals surface area contributed by atoms with Gasteiger partial charge in [0.2, 0.25) is 5.91 Å². The molecule has 0 aliphatic rings. The molecule has 0 fully saturated rings. The fourth-order valence-corrected chi connectivity index (χ4v) is 2.51. The van der Waals surface area contributed by atoms with Crippen molar-refractivity contribution >= 4 is 11.6 Å². The van der Waals surface area contributed by atoms with E-state index in [2.05, 4.69) is 50.4 Å². The highest BCUT2D eigenvalue weighted by Gasteiger charge is 2.21. The molecule has 1 aromatic carbocycles. The van der Waals surface area contributed by atoms with Crippen LogP contribution in [0.15, 0.2) is 24.3 Å². The van der Waals surface area contributed by atoms with E-state index in [1.165, 1.54) is 5.56 Å². The maximum Gasteiger partial charge on any atom is 0.241 e. The Morgan fingerprint density at radius 1 is 1.23 bits per heavy atom. The molecule has 0 aliphatic heterocycles. The highest BCUT2D eigenvalue weighted by atomic mass is 16.2. The lowest BCUT2D eigenvalue weighted by atomic mass is 9.92. The highest BCUT2D eigenvalue weighted by Crippen LogP contribution is 2.15. The summed E-state index contributed by atoms with van der Waals surface area (Å²) in [5.74, 6) is 0.00454. The van der Waals surface area contributed by atoms with Crippen molar-refractivity contribution in [3.63, 3.8) is 0 Å². The normalized spacial score (nSPS) is 13.2. The first kappa shape index (κ1) is 18.7. The number of hydrogen-bond donors (Lipinski definition) is 2. The first-order valence-electron chi connectivity index (χ1n) is 8.01. The monoisotopic (exact) mass is 305 g/mol. The zero-order valence-corrected chi connectivity index (χ0v) is 14.9. The molecule has 0 spiro atoms. The summed E-state index contributed by atoms with van der Waals surface area (Å²) >= 11 is 0. The number of anilines is 1. The number of rotatable bonds is 8. The number of benzene rings is 1. The van der Waals surface area contributed by atoms with Gasteiger partial charge in [-0.15, -0.1) is 0 Å². The molecule has 0 heterocycles. The Morgan fingerprint density at radius 2 is 1.82 bits per heavy atom. The summed E-state index contributed by atoms with van der Waals surface area (Å²) in [7, 11) is 4.13. The largest absolute Gasteiger partial charge is 0.325 e. The van der Waals surface area contributed by atoms with Gasteiger partial charge in [0.15, 0.2) is 0 Å². The first-order chi connectivity index (χ1) is 10.2. The van der Waals surface area contributed by atoms with Crippen LogP contribution in [0.3, 0.4) is 0 Å². The SMILES string of the molecule is CCc1ccc(NC(=O)[C@@H](C)NCC(C)(C)CN(C)C)cc1. The second-order valence-electron chi connectivity index (χ2n) is 7.04. The summed E-state index contributed by atoms with van der Waals surface area (Å²) in [5, 5.41) is 6.29. The molecule has 1 rings (SSSR count). The summed E-state index contributed by atoms with van der Waals surface area (Å²) in [6, 6.07) is 7.80. The van der Waals surface area contributed by atoms with Gasteiger partial charge in [0.25, 0.3) is 0 Å². The maximum atomic E-state index is 12.2. The van der Waals surface area contributed by atoms with E-state index in [9.17, 15) is 4.79 Å². The van der Waals surface area contributed by atoms with Crippen LogP contribution in [0.1, 0.15) is 33.3 Å². The quantitative estimate of drug-likeness (QED) is 0.776. The molecular weight excluding hydrogens is 274 g/mol. The molecule has 0 bridgehead atoms. The molecule has 0 aliphatic carbocycles. The standard InChI is InChI=1S/C18H31N3O/c1-7-15-8-10-16(11-9-15)20-17(22)14(2)19-12-18(3,4)13-21(5)6/h8-11,14,19H,7,12-13H2,1-6H3,(H,20,22)/t14-/m1/s1.